The number of amides is 2. The zero-order valence-corrected chi connectivity index (χ0v) is 11.2. The van der Waals surface area contributed by atoms with Crippen LogP contribution in [0.25, 0.3) is 0 Å². The minimum Gasteiger partial charge on any atom is -0.481 e. The summed E-state index contributed by atoms with van der Waals surface area (Å²) < 4.78 is 0. The normalized spacial score (nSPS) is 18.4. The van der Waals surface area contributed by atoms with E-state index in [1.807, 2.05) is 18.2 Å². The molecule has 0 aliphatic carbocycles. The van der Waals surface area contributed by atoms with E-state index in [4.69, 9.17) is 5.11 Å². The Morgan fingerprint density at radius 1 is 1.35 bits per heavy atom. The average Bonchev–Trinajstić information content (AvgIpc) is 2.68. The first-order valence-electron chi connectivity index (χ1n) is 6.34. The van der Waals surface area contributed by atoms with Crippen molar-refractivity contribution < 1.29 is 19.5 Å². The number of anilines is 1. The Balaban J connectivity index is 2.25. The van der Waals surface area contributed by atoms with Crippen molar-refractivity contribution in [2.24, 2.45) is 0 Å². The molecule has 20 heavy (non-hydrogen) atoms. The van der Waals surface area contributed by atoms with Gasteiger partial charge in [-0.05, 0) is 12.1 Å². The molecule has 1 heterocycles. The van der Waals surface area contributed by atoms with E-state index in [9.17, 15) is 14.4 Å². The molecule has 1 saturated heterocycles. The number of aliphatic carboxylic acids is 1. The smallest absolute Gasteiger partial charge is 0.305 e. The highest BCUT2D eigenvalue weighted by molar-refractivity contribution is 6.06. The van der Waals surface area contributed by atoms with Crippen LogP contribution in [0.2, 0.25) is 0 Å². The Hall–Kier alpha value is -2.37. The summed E-state index contributed by atoms with van der Waals surface area (Å²) in [4.78, 5) is 37.3. The highest BCUT2D eigenvalue weighted by Crippen LogP contribution is 2.24. The van der Waals surface area contributed by atoms with Crippen LogP contribution < -0.4 is 4.90 Å². The van der Waals surface area contributed by atoms with Crippen LogP contribution in [-0.2, 0) is 14.4 Å². The Labute approximate surface area is 116 Å². The first-order chi connectivity index (χ1) is 9.50. The van der Waals surface area contributed by atoms with Gasteiger partial charge in [-0.1, -0.05) is 18.2 Å². The van der Waals surface area contributed by atoms with Crippen LogP contribution >= 0.6 is 0 Å². The van der Waals surface area contributed by atoms with Crippen molar-refractivity contribution in [3.63, 3.8) is 0 Å². The number of carbonyl (C=O) groups excluding carboxylic acids is 2. The quantitative estimate of drug-likeness (QED) is 0.802. The maximum Gasteiger partial charge on any atom is 0.305 e. The zero-order chi connectivity index (χ0) is 14.7. The van der Waals surface area contributed by atoms with Gasteiger partial charge >= 0.3 is 5.97 Å². The van der Waals surface area contributed by atoms with Crippen molar-refractivity contribution in [3.8, 4) is 0 Å². The fraction of sp³-hybridized carbons (Fsp3) is 0.357. The molecule has 2 amide bonds. The van der Waals surface area contributed by atoms with Gasteiger partial charge in [-0.25, -0.2) is 0 Å². The number of likely N-dealkylation sites (N-methyl/N-ethyl adjacent to an activating group) is 1. The maximum atomic E-state index is 12.1. The molecule has 1 aliphatic heterocycles. The number of para-hydroxylation sites is 1. The summed E-state index contributed by atoms with van der Waals surface area (Å²) in [6.45, 7) is 0.191. The average molecular weight is 276 g/mol. The highest BCUT2D eigenvalue weighted by Gasteiger charge is 2.39. The second-order valence-electron chi connectivity index (χ2n) is 4.68. The molecule has 0 saturated carbocycles. The molecule has 0 spiro atoms. The summed E-state index contributed by atoms with van der Waals surface area (Å²) in [7, 11) is 1.45. The first kappa shape index (κ1) is 14.0. The zero-order valence-electron chi connectivity index (χ0n) is 11.2. The van der Waals surface area contributed by atoms with E-state index < -0.39 is 12.0 Å². The summed E-state index contributed by atoms with van der Waals surface area (Å²) in [6, 6.07) is 8.46. The lowest BCUT2D eigenvalue weighted by Gasteiger charge is -2.28. The van der Waals surface area contributed by atoms with Gasteiger partial charge < -0.3 is 10.0 Å². The second kappa shape index (κ2) is 5.73. The molecular weight excluding hydrogens is 260 g/mol. The van der Waals surface area contributed by atoms with Crippen LogP contribution in [-0.4, -0.2) is 47.4 Å². The van der Waals surface area contributed by atoms with Crippen LogP contribution in [0.5, 0.6) is 0 Å². The molecule has 2 rings (SSSR count). The monoisotopic (exact) mass is 276 g/mol. The summed E-state index contributed by atoms with van der Waals surface area (Å²) in [5.74, 6) is -1.46. The Morgan fingerprint density at radius 2 is 2.00 bits per heavy atom. The third kappa shape index (κ3) is 2.79. The predicted octanol–water partition coefficient (Wildman–Crippen LogP) is 0.725. The largest absolute Gasteiger partial charge is 0.481 e. The highest BCUT2D eigenvalue weighted by atomic mass is 16.4. The molecule has 1 aromatic rings. The van der Waals surface area contributed by atoms with Crippen LogP contribution in [0.1, 0.15) is 12.8 Å². The van der Waals surface area contributed by atoms with Crippen LogP contribution in [0.3, 0.4) is 0 Å². The molecule has 0 radical (unpaired) electrons. The van der Waals surface area contributed by atoms with Gasteiger partial charge in [0, 0.05) is 19.3 Å². The fourth-order valence-corrected chi connectivity index (χ4v) is 2.28. The Morgan fingerprint density at radius 3 is 2.50 bits per heavy atom. The minimum atomic E-state index is -0.934. The van der Waals surface area contributed by atoms with Crippen LogP contribution in [0.15, 0.2) is 30.3 Å². The number of likely N-dealkylation sites (tertiary alicyclic amines) is 1. The molecule has 1 fully saturated rings. The van der Waals surface area contributed by atoms with E-state index in [0.29, 0.717) is 0 Å². The Kier molecular flexibility index (Phi) is 4.02. The number of carboxylic acid groups (broad SMARTS) is 1. The number of hydrogen-bond acceptors (Lipinski definition) is 4. The van der Waals surface area contributed by atoms with E-state index in [2.05, 4.69) is 0 Å². The van der Waals surface area contributed by atoms with Gasteiger partial charge in [-0.3, -0.25) is 19.3 Å². The summed E-state index contributed by atoms with van der Waals surface area (Å²) >= 11 is 0. The number of carboxylic acids is 1. The molecule has 6 heteroatoms. The fourth-order valence-electron chi connectivity index (χ4n) is 2.28. The van der Waals surface area contributed by atoms with Gasteiger partial charge in [-0.2, -0.15) is 0 Å². The summed E-state index contributed by atoms with van der Waals surface area (Å²) in [5, 5.41) is 8.83. The lowest BCUT2D eigenvalue weighted by molar-refractivity contribution is -0.138. The number of hydrogen-bond donors (Lipinski definition) is 1. The summed E-state index contributed by atoms with van der Waals surface area (Å²) in [5.41, 5.74) is 0.746. The van der Waals surface area contributed by atoms with E-state index >= 15 is 0 Å². The number of nitrogens with zero attached hydrogens (tertiary/aromatic N) is 2. The van der Waals surface area contributed by atoms with Gasteiger partial charge in [0.15, 0.2) is 0 Å². The van der Waals surface area contributed by atoms with Crippen molar-refractivity contribution in [3.05, 3.63) is 30.3 Å². The van der Waals surface area contributed by atoms with Crippen molar-refractivity contribution in [1.82, 2.24) is 4.90 Å². The second-order valence-corrected chi connectivity index (χ2v) is 4.68. The maximum absolute atomic E-state index is 12.1. The van der Waals surface area contributed by atoms with Gasteiger partial charge in [0.25, 0.3) is 5.91 Å². The number of imide groups is 1. The summed E-state index contributed by atoms with van der Waals surface area (Å²) in [6.07, 6.45) is 0.000422. The first-order valence-corrected chi connectivity index (χ1v) is 6.34. The van der Waals surface area contributed by atoms with Crippen LogP contribution in [0.4, 0.5) is 5.69 Å². The van der Waals surface area contributed by atoms with Crippen molar-refractivity contribution >= 4 is 23.5 Å². The predicted molar refractivity (Wildman–Crippen MR) is 72.2 cm³/mol. The number of rotatable bonds is 5. The van der Waals surface area contributed by atoms with Crippen molar-refractivity contribution in [1.29, 1.82) is 0 Å². The van der Waals surface area contributed by atoms with Gasteiger partial charge in [0.05, 0.1) is 12.8 Å². The molecule has 0 aromatic heterocycles. The molecule has 1 aromatic carbocycles. The molecule has 1 unspecified atom stereocenters. The van der Waals surface area contributed by atoms with E-state index in [0.717, 1.165) is 10.6 Å². The Bertz CT molecular complexity index is 529. The lowest BCUT2D eigenvalue weighted by atomic mass is 10.1. The number of benzene rings is 1. The van der Waals surface area contributed by atoms with Gasteiger partial charge in [-0.15, -0.1) is 0 Å². The third-order valence-electron chi connectivity index (χ3n) is 3.39. The molecule has 106 valence electrons. The topological polar surface area (TPSA) is 77.9 Å². The molecule has 1 atom stereocenters. The third-order valence-corrected chi connectivity index (χ3v) is 3.39. The standard InChI is InChI=1S/C14H16N2O4/c1-15-12(17)9-11(14(15)20)16(8-7-13(18)19)10-5-3-2-4-6-10/h2-6,11H,7-9H2,1H3,(H,18,19). The van der Waals surface area contributed by atoms with E-state index in [-0.39, 0.29) is 31.2 Å². The molecule has 1 aliphatic rings. The van der Waals surface area contributed by atoms with Gasteiger partial charge in [0.2, 0.25) is 5.91 Å². The molecule has 1 N–H and O–H groups in total. The van der Waals surface area contributed by atoms with Crippen LogP contribution in [0, 0.1) is 0 Å². The lowest BCUT2D eigenvalue weighted by Crippen LogP contribution is -2.42. The number of carbonyl (C=O) groups is 3. The SMILES string of the molecule is CN1C(=O)CC(N(CCC(=O)O)c2ccccc2)C1=O. The molecule has 6 nitrogen and oxygen atoms in total. The van der Waals surface area contributed by atoms with Crippen molar-refractivity contribution in [2.45, 2.75) is 18.9 Å². The van der Waals surface area contributed by atoms with Crippen molar-refractivity contribution in [2.75, 3.05) is 18.5 Å². The van der Waals surface area contributed by atoms with E-state index in [1.54, 1.807) is 17.0 Å². The molecular formula is C14H16N2O4. The molecule has 0 bridgehead atoms. The van der Waals surface area contributed by atoms with E-state index in [1.165, 1.54) is 7.05 Å². The minimum absolute atomic E-state index is 0.0867. The van der Waals surface area contributed by atoms with Gasteiger partial charge in [0.1, 0.15) is 6.04 Å².